The lowest BCUT2D eigenvalue weighted by Gasteiger charge is -2.09. The predicted octanol–water partition coefficient (Wildman–Crippen LogP) is 2.00. The summed E-state index contributed by atoms with van der Waals surface area (Å²) in [5, 5.41) is 2.95. The quantitative estimate of drug-likeness (QED) is 0.854. The third kappa shape index (κ3) is 2.06. The number of nitrogens with zero attached hydrogens (tertiary/aromatic N) is 2. The van der Waals surface area contributed by atoms with E-state index in [0.717, 1.165) is 5.56 Å². The molecule has 0 fully saturated rings. The SMILES string of the molecule is CNCc1c(F)cccc1-c1cnccn1. The minimum atomic E-state index is -0.225. The van der Waals surface area contributed by atoms with E-state index in [-0.39, 0.29) is 5.82 Å². The van der Waals surface area contributed by atoms with Gasteiger partial charge in [0, 0.05) is 30.1 Å². The molecule has 2 aromatic rings. The van der Waals surface area contributed by atoms with Gasteiger partial charge >= 0.3 is 0 Å². The van der Waals surface area contributed by atoms with E-state index >= 15 is 0 Å². The summed E-state index contributed by atoms with van der Waals surface area (Å²) in [4.78, 5) is 8.16. The minimum absolute atomic E-state index is 0.225. The summed E-state index contributed by atoms with van der Waals surface area (Å²) < 4.78 is 13.6. The van der Waals surface area contributed by atoms with Crippen molar-refractivity contribution in [3.63, 3.8) is 0 Å². The molecule has 0 bridgehead atoms. The Morgan fingerprint density at radius 2 is 2.19 bits per heavy atom. The van der Waals surface area contributed by atoms with Gasteiger partial charge in [0.25, 0.3) is 0 Å². The van der Waals surface area contributed by atoms with Crippen LogP contribution in [0.25, 0.3) is 11.3 Å². The van der Waals surface area contributed by atoms with Crippen molar-refractivity contribution in [1.82, 2.24) is 15.3 Å². The highest BCUT2D eigenvalue weighted by Gasteiger charge is 2.09. The van der Waals surface area contributed by atoms with Crippen molar-refractivity contribution < 1.29 is 4.39 Å². The molecule has 1 N–H and O–H groups in total. The zero-order valence-electron chi connectivity index (χ0n) is 8.94. The van der Waals surface area contributed by atoms with Gasteiger partial charge in [-0.3, -0.25) is 9.97 Å². The van der Waals surface area contributed by atoms with Crippen molar-refractivity contribution in [2.75, 3.05) is 7.05 Å². The summed E-state index contributed by atoms with van der Waals surface area (Å²) in [5.41, 5.74) is 2.08. The molecule has 0 radical (unpaired) electrons. The first-order valence-corrected chi connectivity index (χ1v) is 5.01. The van der Waals surface area contributed by atoms with Crippen LogP contribution >= 0.6 is 0 Å². The average molecular weight is 217 g/mol. The summed E-state index contributed by atoms with van der Waals surface area (Å²) in [6.45, 7) is 0.471. The van der Waals surface area contributed by atoms with Crippen molar-refractivity contribution >= 4 is 0 Å². The molecule has 0 aliphatic heterocycles. The van der Waals surface area contributed by atoms with E-state index in [0.29, 0.717) is 17.8 Å². The highest BCUT2D eigenvalue weighted by molar-refractivity contribution is 5.62. The normalized spacial score (nSPS) is 10.4. The fourth-order valence-electron chi connectivity index (χ4n) is 1.59. The average Bonchev–Trinajstić information content (AvgIpc) is 2.33. The zero-order valence-corrected chi connectivity index (χ0v) is 8.94. The lowest BCUT2D eigenvalue weighted by Crippen LogP contribution is -2.08. The van der Waals surface area contributed by atoms with Crippen LogP contribution in [0.1, 0.15) is 5.56 Å². The molecule has 16 heavy (non-hydrogen) atoms. The second-order valence-corrected chi connectivity index (χ2v) is 3.39. The first-order chi connectivity index (χ1) is 7.83. The minimum Gasteiger partial charge on any atom is -0.316 e. The molecule has 1 aromatic heterocycles. The van der Waals surface area contributed by atoms with Gasteiger partial charge in [-0.25, -0.2) is 4.39 Å². The Bertz CT molecular complexity index is 471. The largest absolute Gasteiger partial charge is 0.316 e. The van der Waals surface area contributed by atoms with Crippen LogP contribution in [0, 0.1) is 5.82 Å². The lowest BCUT2D eigenvalue weighted by molar-refractivity contribution is 0.602. The molecule has 0 aliphatic carbocycles. The molecule has 0 amide bonds. The van der Waals surface area contributed by atoms with Gasteiger partial charge in [-0.2, -0.15) is 0 Å². The van der Waals surface area contributed by atoms with Gasteiger partial charge in [0.2, 0.25) is 0 Å². The number of hydrogen-bond donors (Lipinski definition) is 1. The summed E-state index contributed by atoms with van der Waals surface area (Å²) in [5.74, 6) is -0.225. The van der Waals surface area contributed by atoms with Crippen molar-refractivity contribution in [3.8, 4) is 11.3 Å². The van der Waals surface area contributed by atoms with Crippen LogP contribution in [-0.4, -0.2) is 17.0 Å². The molecule has 2 rings (SSSR count). The summed E-state index contributed by atoms with van der Waals surface area (Å²) in [7, 11) is 1.78. The van der Waals surface area contributed by atoms with Gasteiger partial charge in [-0.1, -0.05) is 12.1 Å². The molecule has 1 heterocycles. The van der Waals surface area contributed by atoms with Gasteiger partial charge in [-0.05, 0) is 13.1 Å². The van der Waals surface area contributed by atoms with E-state index in [1.807, 2.05) is 6.07 Å². The fourth-order valence-corrected chi connectivity index (χ4v) is 1.59. The number of nitrogens with one attached hydrogen (secondary N) is 1. The van der Waals surface area contributed by atoms with Crippen LogP contribution in [0.4, 0.5) is 4.39 Å². The second kappa shape index (κ2) is 4.81. The monoisotopic (exact) mass is 217 g/mol. The molecule has 0 atom stereocenters. The topological polar surface area (TPSA) is 37.8 Å². The molecule has 0 spiro atoms. The van der Waals surface area contributed by atoms with Crippen LogP contribution < -0.4 is 5.32 Å². The Balaban J connectivity index is 2.52. The Morgan fingerprint density at radius 1 is 1.31 bits per heavy atom. The van der Waals surface area contributed by atoms with Crippen molar-refractivity contribution in [2.45, 2.75) is 6.54 Å². The van der Waals surface area contributed by atoms with Crippen LogP contribution in [0.5, 0.6) is 0 Å². The molecule has 0 aliphatic rings. The number of halogens is 1. The van der Waals surface area contributed by atoms with E-state index in [1.165, 1.54) is 6.07 Å². The number of benzene rings is 1. The smallest absolute Gasteiger partial charge is 0.128 e. The molecule has 4 heteroatoms. The van der Waals surface area contributed by atoms with Crippen molar-refractivity contribution in [2.24, 2.45) is 0 Å². The third-order valence-corrected chi connectivity index (χ3v) is 2.31. The fraction of sp³-hybridized carbons (Fsp3) is 0.167. The van der Waals surface area contributed by atoms with Crippen molar-refractivity contribution in [3.05, 3.63) is 48.2 Å². The summed E-state index contributed by atoms with van der Waals surface area (Å²) >= 11 is 0. The van der Waals surface area contributed by atoms with Crippen LogP contribution in [0.15, 0.2) is 36.8 Å². The first-order valence-electron chi connectivity index (χ1n) is 5.01. The van der Waals surface area contributed by atoms with E-state index in [9.17, 15) is 4.39 Å². The lowest BCUT2D eigenvalue weighted by atomic mass is 10.0. The van der Waals surface area contributed by atoms with Crippen LogP contribution in [0.2, 0.25) is 0 Å². The number of hydrogen-bond acceptors (Lipinski definition) is 3. The molecular formula is C12H12FN3. The Labute approximate surface area is 93.4 Å². The number of aromatic nitrogens is 2. The van der Waals surface area contributed by atoms with Gasteiger partial charge < -0.3 is 5.32 Å². The second-order valence-electron chi connectivity index (χ2n) is 3.39. The van der Waals surface area contributed by atoms with E-state index in [4.69, 9.17) is 0 Å². The van der Waals surface area contributed by atoms with E-state index in [2.05, 4.69) is 15.3 Å². The van der Waals surface area contributed by atoms with Gasteiger partial charge in [0.05, 0.1) is 11.9 Å². The third-order valence-electron chi connectivity index (χ3n) is 2.31. The molecule has 82 valence electrons. The maximum Gasteiger partial charge on any atom is 0.128 e. The zero-order chi connectivity index (χ0) is 11.4. The highest BCUT2D eigenvalue weighted by Crippen LogP contribution is 2.23. The molecule has 0 unspecified atom stereocenters. The van der Waals surface area contributed by atoms with Gasteiger partial charge in [0.1, 0.15) is 5.82 Å². The molecular weight excluding hydrogens is 205 g/mol. The van der Waals surface area contributed by atoms with Crippen molar-refractivity contribution in [1.29, 1.82) is 0 Å². The Morgan fingerprint density at radius 3 is 2.88 bits per heavy atom. The van der Waals surface area contributed by atoms with E-state index in [1.54, 1.807) is 31.7 Å². The highest BCUT2D eigenvalue weighted by atomic mass is 19.1. The predicted molar refractivity (Wildman–Crippen MR) is 60.2 cm³/mol. The van der Waals surface area contributed by atoms with Gasteiger partial charge in [-0.15, -0.1) is 0 Å². The maximum atomic E-state index is 13.6. The molecule has 3 nitrogen and oxygen atoms in total. The van der Waals surface area contributed by atoms with Crippen LogP contribution in [-0.2, 0) is 6.54 Å². The Kier molecular flexibility index (Phi) is 3.22. The maximum absolute atomic E-state index is 13.6. The summed E-state index contributed by atoms with van der Waals surface area (Å²) in [6.07, 6.45) is 4.83. The first kappa shape index (κ1) is 10.7. The molecule has 0 saturated carbocycles. The Hall–Kier alpha value is -1.81. The standard InChI is InChI=1S/C12H12FN3/c1-14-7-10-9(3-2-4-11(10)13)12-8-15-5-6-16-12/h2-6,8,14H,7H2,1H3. The molecule has 1 aromatic carbocycles. The number of rotatable bonds is 3. The van der Waals surface area contributed by atoms with E-state index < -0.39 is 0 Å². The molecule has 0 saturated heterocycles. The van der Waals surface area contributed by atoms with Gasteiger partial charge in [0.15, 0.2) is 0 Å². The van der Waals surface area contributed by atoms with Crippen LogP contribution in [0.3, 0.4) is 0 Å². The summed E-state index contributed by atoms with van der Waals surface area (Å²) in [6, 6.07) is 4.98.